The third-order valence-electron chi connectivity index (χ3n) is 4.38. The molecular formula is C15H24N2O4. The van der Waals surface area contributed by atoms with Crippen molar-refractivity contribution in [2.75, 3.05) is 32.8 Å². The molecule has 3 fully saturated rings. The predicted molar refractivity (Wildman–Crippen MR) is 75.6 cm³/mol. The number of hydrogen-bond acceptors (Lipinski definition) is 5. The Morgan fingerprint density at radius 2 is 2.24 bits per heavy atom. The Hall–Kier alpha value is -1.14. The summed E-state index contributed by atoms with van der Waals surface area (Å²) in [7, 11) is 0. The summed E-state index contributed by atoms with van der Waals surface area (Å²) in [6.07, 6.45) is 4.59. The Morgan fingerprint density at radius 1 is 1.38 bits per heavy atom. The van der Waals surface area contributed by atoms with Crippen molar-refractivity contribution in [2.45, 2.75) is 44.2 Å². The first-order valence-electron chi connectivity index (χ1n) is 8.02. The van der Waals surface area contributed by atoms with Gasteiger partial charge in [0.1, 0.15) is 6.61 Å². The van der Waals surface area contributed by atoms with Crippen molar-refractivity contribution >= 4 is 11.9 Å². The van der Waals surface area contributed by atoms with E-state index in [1.165, 1.54) is 12.8 Å². The molecule has 0 bridgehead atoms. The Kier molecular flexibility index (Phi) is 4.75. The van der Waals surface area contributed by atoms with E-state index >= 15 is 0 Å². The first-order chi connectivity index (χ1) is 10.2. The number of amides is 1. The lowest BCUT2D eigenvalue weighted by Crippen LogP contribution is -2.56. The van der Waals surface area contributed by atoms with Gasteiger partial charge in [0.25, 0.3) is 0 Å². The van der Waals surface area contributed by atoms with Gasteiger partial charge in [-0.05, 0) is 31.6 Å². The van der Waals surface area contributed by atoms with Crippen LogP contribution in [0.5, 0.6) is 0 Å². The highest BCUT2D eigenvalue weighted by molar-refractivity contribution is 5.87. The van der Waals surface area contributed by atoms with Crippen LogP contribution < -0.4 is 5.32 Å². The Labute approximate surface area is 125 Å². The second kappa shape index (κ2) is 6.75. The van der Waals surface area contributed by atoms with Gasteiger partial charge >= 0.3 is 5.97 Å². The summed E-state index contributed by atoms with van der Waals surface area (Å²) in [5.41, 5.74) is 0. The molecule has 2 atom stereocenters. The molecule has 1 N–H and O–H groups in total. The number of ether oxygens (including phenoxy) is 2. The van der Waals surface area contributed by atoms with Crippen LogP contribution in [-0.2, 0) is 19.1 Å². The van der Waals surface area contributed by atoms with Gasteiger partial charge in [-0.1, -0.05) is 0 Å². The molecule has 1 saturated carbocycles. The van der Waals surface area contributed by atoms with Gasteiger partial charge in [-0.2, -0.15) is 0 Å². The highest BCUT2D eigenvalue weighted by Gasteiger charge is 2.34. The van der Waals surface area contributed by atoms with Crippen LogP contribution in [0.4, 0.5) is 0 Å². The topological polar surface area (TPSA) is 67.9 Å². The van der Waals surface area contributed by atoms with E-state index in [1.807, 2.05) is 4.90 Å². The zero-order valence-electron chi connectivity index (χ0n) is 12.4. The molecule has 6 nitrogen and oxygen atoms in total. The Morgan fingerprint density at radius 3 is 2.95 bits per heavy atom. The van der Waals surface area contributed by atoms with Crippen LogP contribution in [0.25, 0.3) is 0 Å². The van der Waals surface area contributed by atoms with Crippen LogP contribution in [0.3, 0.4) is 0 Å². The number of carbonyl (C=O) groups is 2. The van der Waals surface area contributed by atoms with Crippen molar-refractivity contribution in [2.24, 2.45) is 5.92 Å². The van der Waals surface area contributed by atoms with Crippen LogP contribution in [0, 0.1) is 5.92 Å². The largest absolute Gasteiger partial charge is 0.463 e. The minimum absolute atomic E-state index is 0.0373. The normalized spacial score (nSPS) is 29.7. The van der Waals surface area contributed by atoms with Gasteiger partial charge < -0.3 is 19.7 Å². The van der Waals surface area contributed by atoms with Gasteiger partial charge in [0, 0.05) is 26.2 Å². The maximum Gasteiger partial charge on any atom is 0.308 e. The van der Waals surface area contributed by atoms with Crippen molar-refractivity contribution in [3.05, 3.63) is 0 Å². The van der Waals surface area contributed by atoms with E-state index in [2.05, 4.69) is 5.32 Å². The van der Waals surface area contributed by atoms with Crippen LogP contribution in [0.1, 0.15) is 32.1 Å². The molecular weight excluding hydrogens is 272 g/mol. The highest BCUT2D eigenvalue weighted by atomic mass is 16.6. The van der Waals surface area contributed by atoms with Gasteiger partial charge in [0.05, 0.1) is 18.6 Å². The molecule has 1 aliphatic carbocycles. The fourth-order valence-electron chi connectivity index (χ4n) is 2.93. The molecule has 2 aliphatic heterocycles. The average Bonchev–Trinajstić information content (AvgIpc) is 3.13. The fraction of sp³-hybridized carbons (Fsp3) is 0.867. The van der Waals surface area contributed by atoms with Crippen molar-refractivity contribution in [3.63, 3.8) is 0 Å². The zero-order valence-corrected chi connectivity index (χ0v) is 12.4. The molecule has 0 aromatic heterocycles. The number of nitrogens with zero attached hydrogens (tertiary/aromatic N) is 1. The maximum absolute atomic E-state index is 12.3. The summed E-state index contributed by atoms with van der Waals surface area (Å²) in [6, 6.07) is -0.422. The smallest absolute Gasteiger partial charge is 0.308 e. The van der Waals surface area contributed by atoms with Crippen LogP contribution in [0.2, 0.25) is 0 Å². The molecule has 0 radical (unpaired) electrons. The van der Waals surface area contributed by atoms with E-state index in [4.69, 9.17) is 9.47 Å². The van der Waals surface area contributed by atoms with Crippen LogP contribution in [-0.4, -0.2) is 61.8 Å². The monoisotopic (exact) mass is 296 g/mol. The predicted octanol–water partition coefficient (Wildman–Crippen LogP) is 0.309. The van der Waals surface area contributed by atoms with E-state index in [0.717, 1.165) is 39.1 Å². The first-order valence-corrected chi connectivity index (χ1v) is 8.02. The molecule has 3 rings (SSSR count). The molecule has 0 spiro atoms. The molecule has 0 aromatic carbocycles. The van der Waals surface area contributed by atoms with E-state index < -0.39 is 6.04 Å². The van der Waals surface area contributed by atoms with Crippen LogP contribution in [0.15, 0.2) is 0 Å². The van der Waals surface area contributed by atoms with Gasteiger partial charge in [-0.25, -0.2) is 0 Å². The fourth-order valence-corrected chi connectivity index (χ4v) is 2.93. The second-order valence-electron chi connectivity index (χ2n) is 6.26. The highest BCUT2D eigenvalue weighted by Crippen LogP contribution is 2.30. The minimum atomic E-state index is -0.422. The van der Waals surface area contributed by atoms with Gasteiger partial charge in [0.15, 0.2) is 0 Å². The van der Waals surface area contributed by atoms with Crippen molar-refractivity contribution in [3.8, 4) is 0 Å². The number of rotatable bonds is 6. The Bertz CT molecular complexity index is 391. The van der Waals surface area contributed by atoms with Crippen molar-refractivity contribution in [1.29, 1.82) is 0 Å². The minimum Gasteiger partial charge on any atom is -0.463 e. The van der Waals surface area contributed by atoms with Crippen molar-refractivity contribution in [1.82, 2.24) is 10.2 Å². The van der Waals surface area contributed by atoms with E-state index in [0.29, 0.717) is 12.5 Å². The molecule has 0 aromatic rings. The quantitative estimate of drug-likeness (QED) is 0.715. The standard InChI is InChI=1S/C15H24N2O4/c18-14(21-10-12-2-1-7-20-12)8-13-15(19)17(6-5-16-13)9-11-3-4-11/h11-13,16H,1-10H2. The van der Waals surface area contributed by atoms with E-state index in [1.54, 1.807) is 0 Å². The van der Waals surface area contributed by atoms with Crippen LogP contribution >= 0.6 is 0 Å². The maximum atomic E-state index is 12.3. The SMILES string of the molecule is O=C(CC1NCCN(CC2CC2)C1=O)OCC1CCCO1. The summed E-state index contributed by atoms with van der Waals surface area (Å²) in [6.45, 7) is 3.41. The average molecular weight is 296 g/mol. The number of nitrogens with one attached hydrogen (secondary N) is 1. The molecule has 118 valence electrons. The molecule has 3 aliphatic rings. The molecule has 6 heteroatoms. The molecule has 21 heavy (non-hydrogen) atoms. The third-order valence-corrected chi connectivity index (χ3v) is 4.38. The van der Waals surface area contributed by atoms with Gasteiger partial charge in [-0.3, -0.25) is 9.59 Å². The number of carbonyl (C=O) groups excluding carboxylic acids is 2. The number of piperazine rings is 1. The van der Waals surface area contributed by atoms with E-state index in [9.17, 15) is 9.59 Å². The summed E-state index contributed by atoms with van der Waals surface area (Å²) in [5, 5.41) is 3.13. The molecule has 2 saturated heterocycles. The molecule has 2 unspecified atom stereocenters. The first kappa shape index (κ1) is 14.8. The Balaban J connectivity index is 1.41. The summed E-state index contributed by atoms with van der Waals surface area (Å²) in [4.78, 5) is 26.1. The van der Waals surface area contributed by atoms with Gasteiger partial charge in [0.2, 0.25) is 5.91 Å². The zero-order chi connectivity index (χ0) is 14.7. The van der Waals surface area contributed by atoms with E-state index in [-0.39, 0.29) is 24.4 Å². The second-order valence-corrected chi connectivity index (χ2v) is 6.26. The lowest BCUT2D eigenvalue weighted by atomic mass is 10.1. The molecule has 2 heterocycles. The lowest BCUT2D eigenvalue weighted by Gasteiger charge is -2.33. The summed E-state index contributed by atoms with van der Waals surface area (Å²) in [5.74, 6) is 0.408. The number of hydrogen-bond donors (Lipinski definition) is 1. The lowest BCUT2D eigenvalue weighted by molar-refractivity contribution is -0.151. The van der Waals surface area contributed by atoms with Crippen molar-refractivity contribution < 1.29 is 19.1 Å². The third kappa shape index (κ3) is 4.17. The summed E-state index contributed by atoms with van der Waals surface area (Å²) >= 11 is 0. The molecule has 1 amide bonds. The van der Waals surface area contributed by atoms with Gasteiger partial charge in [-0.15, -0.1) is 0 Å². The summed E-state index contributed by atoms with van der Waals surface area (Å²) < 4.78 is 10.6. The number of esters is 1.